The highest BCUT2D eigenvalue weighted by molar-refractivity contribution is 5.65. The molecular formula is C21H24N4O2. The van der Waals surface area contributed by atoms with Crippen molar-refractivity contribution in [3.63, 3.8) is 0 Å². The number of aromatic nitrogens is 2. The molecule has 6 heteroatoms. The van der Waals surface area contributed by atoms with Crippen LogP contribution in [0.4, 0.5) is 17.5 Å². The average molecular weight is 364 g/mol. The van der Waals surface area contributed by atoms with Crippen molar-refractivity contribution in [3.05, 3.63) is 66.4 Å². The molecule has 140 valence electrons. The SMILES string of the molecule is CCN(Cc1ccccc1)c1ccnc(Nc2ccc(OC)cc2OC)n1. The van der Waals surface area contributed by atoms with Crippen LogP contribution in [0.15, 0.2) is 60.8 Å². The van der Waals surface area contributed by atoms with Gasteiger partial charge >= 0.3 is 0 Å². The van der Waals surface area contributed by atoms with Crippen LogP contribution in [0.3, 0.4) is 0 Å². The van der Waals surface area contributed by atoms with E-state index in [9.17, 15) is 0 Å². The van der Waals surface area contributed by atoms with Gasteiger partial charge in [0, 0.05) is 25.4 Å². The van der Waals surface area contributed by atoms with Crippen LogP contribution in [0.2, 0.25) is 0 Å². The van der Waals surface area contributed by atoms with Gasteiger partial charge in [-0.05, 0) is 30.7 Å². The topological polar surface area (TPSA) is 59.5 Å². The molecule has 0 aliphatic heterocycles. The Morgan fingerprint density at radius 2 is 1.81 bits per heavy atom. The van der Waals surface area contributed by atoms with E-state index in [-0.39, 0.29) is 0 Å². The summed E-state index contributed by atoms with van der Waals surface area (Å²) < 4.78 is 10.7. The predicted octanol–water partition coefficient (Wildman–Crippen LogP) is 4.26. The van der Waals surface area contributed by atoms with Crippen molar-refractivity contribution in [2.75, 3.05) is 31.0 Å². The van der Waals surface area contributed by atoms with Crippen molar-refractivity contribution in [1.82, 2.24) is 9.97 Å². The second-order valence-electron chi connectivity index (χ2n) is 5.93. The lowest BCUT2D eigenvalue weighted by atomic mass is 10.2. The summed E-state index contributed by atoms with van der Waals surface area (Å²) in [6, 6.07) is 17.8. The molecule has 0 saturated carbocycles. The maximum Gasteiger partial charge on any atom is 0.229 e. The summed E-state index contributed by atoms with van der Waals surface area (Å²) in [5.74, 6) is 2.78. The minimum Gasteiger partial charge on any atom is -0.497 e. The molecule has 27 heavy (non-hydrogen) atoms. The number of hydrogen-bond donors (Lipinski definition) is 1. The lowest BCUT2D eigenvalue weighted by Crippen LogP contribution is -2.23. The molecule has 3 rings (SSSR count). The number of rotatable bonds is 8. The molecule has 0 atom stereocenters. The van der Waals surface area contributed by atoms with Gasteiger partial charge in [0.15, 0.2) is 0 Å². The fourth-order valence-electron chi connectivity index (χ4n) is 2.77. The van der Waals surface area contributed by atoms with Gasteiger partial charge in [-0.1, -0.05) is 30.3 Å². The van der Waals surface area contributed by atoms with Crippen LogP contribution in [0.1, 0.15) is 12.5 Å². The quantitative estimate of drug-likeness (QED) is 0.644. The molecule has 0 amide bonds. The Kier molecular flexibility index (Phi) is 6.10. The van der Waals surface area contributed by atoms with E-state index in [1.54, 1.807) is 20.4 Å². The van der Waals surface area contributed by atoms with E-state index in [0.29, 0.717) is 11.7 Å². The Balaban J connectivity index is 1.80. The van der Waals surface area contributed by atoms with Gasteiger partial charge in [-0.2, -0.15) is 4.98 Å². The Labute approximate surface area is 159 Å². The monoisotopic (exact) mass is 364 g/mol. The fraction of sp³-hybridized carbons (Fsp3) is 0.238. The number of hydrogen-bond acceptors (Lipinski definition) is 6. The molecule has 1 heterocycles. The molecule has 3 aromatic rings. The van der Waals surface area contributed by atoms with E-state index >= 15 is 0 Å². The largest absolute Gasteiger partial charge is 0.497 e. The van der Waals surface area contributed by atoms with E-state index in [2.05, 4.69) is 39.2 Å². The van der Waals surface area contributed by atoms with Gasteiger partial charge in [-0.15, -0.1) is 0 Å². The van der Waals surface area contributed by atoms with Crippen LogP contribution in [-0.4, -0.2) is 30.7 Å². The van der Waals surface area contributed by atoms with Crippen molar-refractivity contribution < 1.29 is 9.47 Å². The zero-order chi connectivity index (χ0) is 19.1. The van der Waals surface area contributed by atoms with Crippen LogP contribution in [-0.2, 0) is 6.54 Å². The molecular weight excluding hydrogens is 340 g/mol. The Bertz CT molecular complexity index is 871. The maximum absolute atomic E-state index is 5.43. The molecule has 0 radical (unpaired) electrons. The van der Waals surface area contributed by atoms with Crippen LogP contribution >= 0.6 is 0 Å². The highest BCUT2D eigenvalue weighted by Crippen LogP contribution is 2.31. The molecule has 1 aromatic heterocycles. The number of nitrogens with one attached hydrogen (secondary N) is 1. The van der Waals surface area contributed by atoms with Gasteiger partial charge in [-0.25, -0.2) is 4.98 Å². The summed E-state index contributed by atoms with van der Waals surface area (Å²) in [6.07, 6.45) is 1.76. The molecule has 0 fully saturated rings. The van der Waals surface area contributed by atoms with Crippen molar-refractivity contribution in [2.24, 2.45) is 0 Å². The molecule has 1 N–H and O–H groups in total. The van der Waals surface area contributed by atoms with Gasteiger partial charge in [0.2, 0.25) is 5.95 Å². The number of benzene rings is 2. The van der Waals surface area contributed by atoms with E-state index in [0.717, 1.165) is 30.3 Å². The van der Waals surface area contributed by atoms with Gasteiger partial charge < -0.3 is 19.7 Å². The number of anilines is 3. The fourth-order valence-corrected chi connectivity index (χ4v) is 2.77. The van der Waals surface area contributed by atoms with Crippen molar-refractivity contribution in [3.8, 4) is 11.5 Å². The average Bonchev–Trinajstić information content (AvgIpc) is 2.73. The summed E-state index contributed by atoms with van der Waals surface area (Å²) in [5.41, 5.74) is 2.02. The first-order chi connectivity index (χ1) is 13.2. The molecule has 0 bridgehead atoms. The third-order valence-corrected chi connectivity index (χ3v) is 4.22. The predicted molar refractivity (Wildman–Crippen MR) is 108 cm³/mol. The van der Waals surface area contributed by atoms with E-state index in [4.69, 9.17) is 9.47 Å². The zero-order valence-corrected chi connectivity index (χ0v) is 15.8. The molecule has 6 nitrogen and oxygen atoms in total. The Hall–Kier alpha value is -3.28. The summed E-state index contributed by atoms with van der Waals surface area (Å²) in [5, 5.41) is 3.23. The normalized spacial score (nSPS) is 10.3. The lowest BCUT2D eigenvalue weighted by Gasteiger charge is -2.22. The standard InChI is InChI=1S/C21H24N4O2/c1-4-25(15-16-8-6-5-7-9-16)20-12-13-22-21(24-20)23-18-11-10-17(26-2)14-19(18)27-3/h5-14H,4,15H2,1-3H3,(H,22,23,24). The highest BCUT2D eigenvalue weighted by atomic mass is 16.5. The smallest absolute Gasteiger partial charge is 0.229 e. The minimum atomic E-state index is 0.516. The molecule has 0 aliphatic carbocycles. The summed E-state index contributed by atoms with van der Waals surface area (Å²) in [4.78, 5) is 11.2. The summed E-state index contributed by atoms with van der Waals surface area (Å²) >= 11 is 0. The third-order valence-electron chi connectivity index (χ3n) is 4.22. The first kappa shape index (κ1) is 18.5. The summed E-state index contributed by atoms with van der Waals surface area (Å²) in [7, 11) is 3.25. The van der Waals surface area contributed by atoms with Gasteiger partial charge in [0.1, 0.15) is 17.3 Å². The molecule has 2 aromatic carbocycles. The van der Waals surface area contributed by atoms with Crippen molar-refractivity contribution in [2.45, 2.75) is 13.5 Å². The molecule has 0 saturated heterocycles. The number of ether oxygens (including phenoxy) is 2. The van der Waals surface area contributed by atoms with Gasteiger partial charge in [0.05, 0.1) is 19.9 Å². The lowest BCUT2D eigenvalue weighted by molar-refractivity contribution is 0.395. The zero-order valence-electron chi connectivity index (χ0n) is 15.8. The van der Waals surface area contributed by atoms with E-state index in [1.165, 1.54) is 5.56 Å². The molecule has 0 aliphatic rings. The maximum atomic E-state index is 5.43. The minimum absolute atomic E-state index is 0.516. The van der Waals surface area contributed by atoms with Crippen LogP contribution in [0.5, 0.6) is 11.5 Å². The Morgan fingerprint density at radius 1 is 1.00 bits per heavy atom. The van der Waals surface area contributed by atoms with E-state index < -0.39 is 0 Å². The number of methoxy groups -OCH3 is 2. The number of nitrogens with zero attached hydrogens (tertiary/aromatic N) is 3. The molecule has 0 unspecified atom stereocenters. The van der Waals surface area contributed by atoms with Gasteiger partial charge in [0.25, 0.3) is 0 Å². The van der Waals surface area contributed by atoms with Crippen LogP contribution in [0.25, 0.3) is 0 Å². The van der Waals surface area contributed by atoms with Crippen LogP contribution in [0, 0.1) is 0 Å². The van der Waals surface area contributed by atoms with Crippen molar-refractivity contribution >= 4 is 17.5 Å². The van der Waals surface area contributed by atoms with E-state index in [1.807, 2.05) is 42.5 Å². The second-order valence-corrected chi connectivity index (χ2v) is 5.93. The summed E-state index contributed by atoms with van der Waals surface area (Å²) in [6.45, 7) is 3.75. The van der Waals surface area contributed by atoms with Gasteiger partial charge in [-0.3, -0.25) is 0 Å². The van der Waals surface area contributed by atoms with Crippen molar-refractivity contribution in [1.29, 1.82) is 0 Å². The first-order valence-corrected chi connectivity index (χ1v) is 8.84. The third kappa shape index (κ3) is 4.67. The second kappa shape index (κ2) is 8.89. The first-order valence-electron chi connectivity index (χ1n) is 8.84. The Morgan fingerprint density at radius 3 is 2.52 bits per heavy atom. The van der Waals surface area contributed by atoms with Crippen LogP contribution < -0.4 is 19.7 Å². The molecule has 0 spiro atoms. The highest BCUT2D eigenvalue weighted by Gasteiger charge is 2.10.